The summed E-state index contributed by atoms with van der Waals surface area (Å²) >= 11 is 0. The van der Waals surface area contributed by atoms with Crippen molar-refractivity contribution in [3.05, 3.63) is 18.2 Å². The number of hydrogen-bond acceptors (Lipinski definition) is 2. The van der Waals surface area contributed by atoms with Crippen molar-refractivity contribution in [3.63, 3.8) is 0 Å². The molecule has 0 saturated carbocycles. The lowest BCUT2D eigenvalue weighted by Gasteiger charge is -2.01. The Morgan fingerprint density at radius 2 is 2.42 bits per heavy atom. The second-order valence-corrected chi connectivity index (χ2v) is 3.35. The molecule has 0 radical (unpaired) electrons. The fraction of sp³-hybridized carbons (Fsp3) is 0.556. The van der Waals surface area contributed by atoms with Crippen LogP contribution in [-0.2, 0) is 11.2 Å². The first-order valence-electron chi connectivity index (χ1n) is 4.18. The van der Waals surface area contributed by atoms with Crippen molar-refractivity contribution in [2.45, 2.75) is 26.7 Å². The maximum Gasteiger partial charge on any atom is 0.140 e. The number of carbonyl (C=O) groups is 1. The molecule has 0 bridgehead atoms. The molecule has 66 valence electrons. The van der Waals surface area contributed by atoms with Crippen molar-refractivity contribution >= 4 is 5.78 Å². The van der Waals surface area contributed by atoms with E-state index in [2.05, 4.69) is 9.97 Å². The molecule has 0 aliphatic heterocycles. The SMILES string of the molecule is CC(C)CC(=O)Cc1ncc[nH]1. The first-order chi connectivity index (χ1) is 5.68. The normalized spacial score (nSPS) is 10.6. The topological polar surface area (TPSA) is 45.8 Å². The average Bonchev–Trinajstić information content (AvgIpc) is 2.37. The number of hydrogen-bond donors (Lipinski definition) is 1. The molecule has 3 heteroatoms. The average molecular weight is 166 g/mol. The van der Waals surface area contributed by atoms with Crippen LogP contribution < -0.4 is 0 Å². The van der Waals surface area contributed by atoms with Crippen LogP contribution in [0.5, 0.6) is 0 Å². The fourth-order valence-electron chi connectivity index (χ4n) is 1.11. The van der Waals surface area contributed by atoms with Gasteiger partial charge < -0.3 is 4.98 Å². The summed E-state index contributed by atoms with van der Waals surface area (Å²) in [7, 11) is 0. The molecule has 0 spiro atoms. The third-order valence-electron chi connectivity index (χ3n) is 1.56. The van der Waals surface area contributed by atoms with E-state index in [1.54, 1.807) is 12.4 Å². The van der Waals surface area contributed by atoms with Crippen LogP contribution in [0.25, 0.3) is 0 Å². The third kappa shape index (κ3) is 2.86. The van der Waals surface area contributed by atoms with E-state index in [0.29, 0.717) is 18.8 Å². The molecule has 0 aromatic carbocycles. The van der Waals surface area contributed by atoms with E-state index >= 15 is 0 Å². The van der Waals surface area contributed by atoms with Gasteiger partial charge in [-0.25, -0.2) is 4.98 Å². The third-order valence-corrected chi connectivity index (χ3v) is 1.56. The lowest BCUT2D eigenvalue weighted by atomic mass is 10.1. The highest BCUT2D eigenvalue weighted by Gasteiger charge is 2.06. The molecular weight excluding hydrogens is 152 g/mol. The molecule has 12 heavy (non-hydrogen) atoms. The van der Waals surface area contributed by atoms with Gasteiger partial charge >= 0.3 is 0 Å². The maximum absolute atomic E-state index is 11.3. The zero-order chi connectivity index (χ0) is 8.97. The first kappa shape index (κ1) is 8.97. The number of aromatic nitrogens is 2. The Morgan fingerprint density at radius 3 is 2.92 bits per heavy atom. The van der Waals surface area contributed by atoms with Crippen molar-refractivity contribution in [3.8, 4) is 0 Å². The summed E-state index contributed by atoms with van der Waals surface area (Å²) in [4.78, 5) is 18.2. The van der Waals surface area contributed by atoms with Crippen molar-refractivity contribution in [2.75, 3.05) is 0 Å². The minimum Gasteiger partial charge on any atom is -0.348 e. The van der Waals surface area contributed by atoms with Crippen LogP contribution >= 0.6 is 0 Å². The predicted molar refractivity (Wildman–Crippen MR) is 46.8 cm³/mol. The van der Waals surface area contributed by atoms with Crippen LogP contribution in [-0.4, -0.2) is 15.8 Å². The molecule has 0 atom stereocenters. The highest BCUT2D eigenvalue weighted by molar-refractivity contribution is 5.80. The number of Topliss-reactive ketones (excluding diaryl/α,β-unsaturated/α-hetero) is 1. The molecule has 0 fully saturated rings. The zero-order valence-corrected chi connectivity index (χ0v) is 7.50. The predicted octanol–water partition coefficient (Wildman–Crippen LogP) is 1.57. The largest absolute Gasteiger partial charge is 0.348 e. The Balaban J connectivity index is 2.37. The molecule has 1 rings (SSSR count). The number of H-pyrrole nitrogens is 1. The second-order valence-electron chi connectivity index (χ2n) is 3.35. The number of nitrogens with one attached hydrogen (secondary N) is 1. The van der Waals surface area contributed by atoms with Crippen LogP contribution in [0.3, 0.4) is 0 Å². The Bertz CT molecular complexity index is 239. The summed E-state index contributed by atoms with van der Waals surface area (Å²) < 4.78 is 0. The molecule has 0 amide bonds. The Labute approximate surface area is 72.2 Å². The quantitative estimate of drug-likeness (QED) is 0.737. The number of carbonyl (C=O) groups excluding carboxylic acids is 1. The minimum absolute atomic E-state index is 0.250. The number of nitrogens with zero attached hydrogens (tertiary/aromatic N) is 1. The van der Waals surface area contributed by atoms with E-state index in [0.717, 1.165) is 5.82 Å². The van der Waals surface area contributed by atoms with Crippen LogP contribution in [0.15, 0.2) is 12.4 Å². The van der Waals surface area contributed by atoms with Gasteiger partial charge in [-0.05, 0) is 5.92 Å². The van der Waals surface area contributed by atoms with E-state index in [-0.39, 0.29) is 5.78 Å². The van der Waals surface area contributed by atoms with Crippen LogP contribution in [0.1, 0.15) is 26.1 Å². The molecular formula is C9H14N2O. The highest BCUT2D eigenvalue weighted by Crippen LogP contribution is 2.03. The van der Waals surface area contributed by atoms with Gasteiger partial charge in [-0.15, -0.1) is 0 Å². The fourth-order valence-corrected chi connectivity index (χ4v) is 1.11. The van der Waals surface area contributed by atoms with E-state index in [9.17, 15) is 4.79 Å². The van der Waals surface area contributed by atoms with Crippen LogP contribution in [0.2, 0.25) is 0 Å². The molecule has 1 N–H and O–H groups in total. The number of imidazole rings is 1. The van der Waals surface area contributed by atoms with Gasteiger partial charge in [0, 0.05) is 18.8 Å². The van der Waals surface area contributed by atoms with Crippen molar-refractivity contribution in [2.24, 2.45) is 5.92 Å². The minimum atomic E-state index is 0.250. The molecule has 1 aromatic heterocycles. The van der Waals surface area contributed by atoms with Crippen molar-refractivity contribution in [1.29, 1.82) is 0 Å². The molecule has 3 nitrogen and oxygen atoms in total. The first-order valence-corrected chi connectivity index (χ1v) is 4.18. The molecule has 0 aliphatic rings. The van der Waals surface area contributed by atoms with Crippen LogP contribution in [0, 0.1) is 5.92 Å². The van der Waals surface area contributed by atoms with Gasteiger partial charge in [0.05, 0.1) is 6.42 Å². The van der Waals surface area contributed by atoms with Gasteiger partial charge in [-0.2, -0.15) is 0 Å². The van der Waals surface area contributed by atoms with Gasteiger partial charge in [-0.1, -0.05) is 13.8 Å². The number of ketones is 1. The van der Waals surface area contributed by atoms with E-state index in [1.807, 2.05) is 13.8 Å². The summed E-state index contributed by atoms with van der Waals surface area (Å²) in [5.74, 6) is 1.45. The van der Waals surface area contributed by atoms with E-state index < -0.39 is 0 Å². The number of aromatic amines is 1. The molecule has 0 unspecified atom stereocenters. The van der Waals surface area contributed by atoms with Crippen LogP contribution in [0.4, 0.5) is 0 Å². The summed E-state index contributed by atoms with van der Waals surface area (Å²) in [5, 5.41) is 0. The van der Waals surface area contributed by atoms with Gasteiger partial charge in [0.15, 0.2) is 0 Å². The maximum atomic E-state index is 11.3. The van der Waals surface area contributed by atoms with Crippen molar-refractivity contribution < 1.29 is 4.79 Å². The molecule has 0 saturated heterocycles. The summed E-state index contributed by atoms with van der Waals surface area (Å²) in [6.45, 7) is 4.08. The Hall–Kier alpha value is -1.12. The monoisotopic (exact) mass is 166 g/mol. The standard InChI is InChI=1S/C9H14N2O/c1-7(2)5-8(12)6-9-10-3-4-11-9/h3-4,7H,5-6H2,1-2H3,(H,10,11). The summed E-state index contributed by atoms with van der Waals surface area (Å²) in [6.07, 6.45) is 4.47. The van der Waals surface area contributed by atoms with E-state index in [1.165, 1.54) is 0 Å². The highest BCUT2D eigenvalue weighted by atomic mass is 16.1. The van der Waals surface area contributed by atoms with Gasteiger partial charge in [0.25, 0.3) is 0 Å². The Kier molecular flexibility index (Phi) is 3.02. The van der Waals surface area contributed by atoms with Gasteiger partial charge in [0.1, 0.15) is 11.6 Å². The second kappa shape index (κ2) is 4.04. The molecule has 1 heterocycles. The Morgan fingerprint density at radius 1 is 1.67 bits per heavy atom. The summed E-state index contributed by atoms with van der Waals surface area (Å²) in [5.41, 5.74) is 0. The lowest BCUT2D eigenvalue weighted by molar-refractivity contribution is -0.119. The van der Waals surface area contributed by atoms with Crippen molar-refractivity contribution in [1.82, 2.24) is 9.97 Å². The number of rotatable bonds is 4. The lowest BCUT2D eigenvalue weighted by Crippen LogP contribution is -2.07. The summed E-state index contributed by atoms with van der Waals surface area (Å²) in [6, 6.07) is 0. The van der Waals surface area contributed by atoms with Gasteiger partial charge in [-0.3, -0.25) is 4.79 Å². The zero-order valence-electron chi connectivity index (χ0n) is 7.50. The molecule has 1 aromatic rings. The van der Waals surface area contributed by atoms with E-state index in [4.69, 9.17) is 0 Å². The van der Waals surface area contributed by atoms with Gasteiger partial charge in [0.2, 0.25) is 0 Å². The molecule has 0 aliphatic carbocycles. The smallest absolute Gasteiger partial charge is 0.140 e.